The summed E-state index contributed by atoms with van der Waals surface area (Å²) in [5, 5.41) is 3.11. The molecule has 126 valence electrons. The second-order valence-corrected chi connectivity index (χ2v) is 8.02. The number of nitrogens with one attached hydrogen (secondary N) is 1. The average molecular weight is 316 g/mol. The number of anilines is 1. The minimum atomic E-state index is -0.177. The van der Waals surface area contributed by atoms with Gasteiger partial charge in [-0.05, 0) is 53.4 Å². The minimum Gasteiger partial charge on any atom is -0.356 e. The lowest BCUT2D eigenvalue weighted by atomic mass is 9.95. The van der Waals surface area contributed by atoms with E-state index in [0.717, 1.165) is 43.3 Å². The fourth-order valence-electron chi connectivity index (χ4n) is 3.13. The summed E-state index contributed by atoms with van der Waals surface area (Å²) in [5.41, 5.74) is 0.850. The van der Waals surface area contributed by atoms with Crippen molar-refractivity contribution in [2.75, 3.05) is 18.0 Å². The highest BCUT2D eigenvalue weighted by Crippen LogP contribution is 2.38. The summed E-state index contributed by atoms with van der Waals surface area (Å²) in [5.74, 6) is 2.74. The van der Waals surface area contributed by atoms with Crippen LogP contribution in [0.15, 0.2) is 6.07 Å². The Kier molecular flexibility index (Phi) is 4.30. The highest BCUT2D eigenvalue weighted by molar-refractivity contribution is 5.80. The third-order valence-corrected chi connectivity index (χ3v) is 4.41. The van der Waals surface area contributed by atoms with Gasteiger partial charge in [0.15, 0.2) is 0 Å². The van der Waals surface area contributed by atoms with Crippen molar-refractivity contribution in [3.63, 3.8) is 0 Å². The largest absolute Gasteiger partial charge is 0.356 e. The zero-order chi connectivity index (χ0) is 16.6. The molecule has 0 spiro atoms. The van der Waals surface area contributed by atoms with Crippen LogP contribution in [0.3, 0.4) is 0 Å². The number of piperidine rings is 1. The zero-order valence-electron chi connectivity index (χ0n) is 14.7. The van der Waals surface area contributed by atoms with Crippen LogP contribution >= 0.6 is 0 Å². The second-order valence-electron chi connectivity index (χ2n) is 8.02. The number of aryl methyl sites for hydroxylation is 1. The Balaban J connectivity index is 1.72. The van der Waals surface area contributed by atoms with Gasteiger partial charge in [0.1, 0.15) is 11.6 Å². The Labute approximate surface area is 138 Å². The summed E-state index contributed by atoms with van der Waals surface area (Å²) in [6.07, 6.45) is 4.40. The summed E-state index contributed by atoms with van der Waals surface area (Å²) in [6, 6.07) is 2.05. The first-order valence-electron chi connectivity index (χ1n) is 8.74. The molecule has 1 aliphatic heterocycles. The summed E-state index contributed by atoms with van der Waals surface area (Å²) < 4.78 is 0. The van der Waals surface area contributed by atoms with E-state index < -0.39 is 0 Å². The molecule has 1 aliphatic carbocycles. The maximum Gasteiger partial charge on any atom is 0.225 e. The Morgan fingerprint density at radius 3 is 2.65 bits per heavy atom. The van der Waals surface area contributed by atoms with Gasteiger partial charge in [-0.3, -0.25) is 4.79 Å². The molecule has 1 saturated heterocycles. The van der Waals surface area contributed by atoms with Crippen LogP contribution in [0.5, 0.6) is 0 Å². The van der Waals surface area contributed by atoms with Crippen LogP contribution in [-0.4, -0.2) is 34.5 Å². The average Bonchev–Trinajstić information content (AvgIpc) is 3.29. The number of carbonyl (C=O) groups excluding carboxylic acids is 1. The van der Waals surface area contributed by atoms with E-state index in [4.69, 9.17) is 4.98 Å². The molecule has 0 aromatic carbocycles. The molecular weight excluding hydrogens is 288 g/mol. The van der Waals surface area contributed by atoms with Crippen molar-refractivity contribution in [3.8, 4) is 0 Å². The molecule has 23 heavy (non-hydrogen) atoms. The van der Waals surface area contributed by atoms with Gasteiger partial charge in [0.2, 0.25) is 5.91 Å². The fourth-order valence-corrected chi connectivity index (χ4v) is 3.13. The number of hydrogen-bond donors (Lipinski definition) is 1. The normalized spacial score (nSPS) is 22.1. The fraction of sp³-hybridized carbons (Fsp3) is 0.722. The van der Waals surface area contributed by atoms with Crippen LogP contribution in [0.2, 0.25) is 0 Å². The van der Waals surface area contributed by atoms with Gasteiger partial charge >= 0.3 is 0 Å². The first-order valence-corrected chi connectivity index (χ1v) is 8.74. The number of carbonyl (C=O) groups is 1. The van der Waals surface area contributed by atoms with Gasteiger partial charge in [0.25, 0.3) is 0 Å². The van der Waals surface area contributed by atoms with Crippen molar-refractivity contribution in [3.05, 3.63) is 17.6 Å². The molecule has 3 rings (SSSR count). The Morgan fingerprint density at radius 1 is 1.26 bits per heavy atom. The lowest BCUT2D eigenvalue weighted by molar-refractivity contribution is -0.126. The number of hydrogen-bond acceptors (Lipinski definition) is 4. The van der Waals surface area contributed by atoms with Crippen molar-refractivity contribution in [2.45, 2.75) is 64.8 Å². The molecule has 1 saturated carbocycles. The predicted octanol–water partition coefficient (Wildman–Crippen LogP) is 2.79. The molecule has 2 heterocycles. The van der Waals surface area contributed by atoms with Gasteiger partial charge in [-0.2, -0.15) is 0 Å². The van der Waals surface area contributed by atoms with Crippen molar-refractivity contribution in [1.29, 1.82) is 0 Å². The number of amides is 1. The van der Waals surface area contributed by atoms with Crippen LogP contribution < -0.4 is 10.2 Å². The Morgan fingerprint density at radius 2 is 2.00 bits per heavy atom. The van der Waals surface area contributed by atoms with Crippen LogP contribution in [-0.2, 0) is 4.79 Å². The zero-order valence-corrected chi connectivity index (χ0v) is 14.7. The Bertz CT molecular complexity index is 589. The van der Waals surface area contributed by atoms with Gasteiger partial charge in [0, 0.05) is 36.3 Å². The van der Waals surface area contributed by atoms with Crippen LogP contribution in [0.25, 0.3) is 0 Å². The lowest BCUT2D eigenvalue weighted by Gasteiger charge is -2.34. The monoisotopic (exact) mass is 316 g/mol. The molecule has 1 N–H and O–H groups in total. The van der Waals surface area contributed by atoms with Crippen LogP contribution in [0, 0.1) is 12.8 Å². The van der Waals surface area contributed by atoms with Crippen molar-refractivity contribution < 1.29 is 4.79 Å². The number of nitrogens with zero attached hydrogens (tertiary/aromatic N) is 3. The number of aromatic nitrogens is 2. The van der Waals surface area contributed by atoms with Crippen LogP contribution in [0.1, 0.15) is 63.9 Å². The lowest BCUT2D eigenvalue weighted by Crippen LogP contribution is -2.48. The molecular formula is C18H28N4O. The first-order chi connectivity index (χ1) is 10.8. The van der Waals surface area contributed by atoms with Crippen molar-refractivity contribution >= 4 is 11.7 Å². The molecule has 0 radical (unpaired) electrons. The summed E-state index contributed by atoms with van der Waals surface area (Å²) >= 11 is 0. The maximum absolute atomic E-state index is 12.5. The minimum absolute atomic E-state index is 0.0441. The molecule has 1 unspecified atom stereocenters. The van der Waals surface area contributed by atoms with E-state index >= 15 is 0 Å². The van der Waals surface area contributed by atoms with Gasteiger partial charge in [-0.25, -0.2) is 9.97 Å². The first kappa shape index (κ1) is 16.2. The van der Waals surface area contributed by atoms with E-state index in [-0.39, 0.29) is 17.4 Å². The van der Waals surface area contributed by atoms with E-state index in [0.29, 0.717) is 5.92 Å². The van der Waals surface area contributed by atoms with Crippen molar-refractivity contribution in [2.24, 2.45) is 5.92 Å². The van der Waals surface area contributed by atoms with Crippen molar-refractivity contribution in [1.82, 2.24) is 15.3 Å². The Hall–Kier alpha value is -1.65. The topological polar surface area (TPSA) is 58.1 Å². The van der Waals surface area contributed by atoms with Crippen LogP contribution in [0.4, 0.5) is 5.82 Å². The molecule has 1 aromatic heterocycles. The van der Waals surface area contributed by atoms with E-state index in [9.17, 15) is 4.79 Å². The third kappa shape index (κ3) is 4.21. The molecule has 1 atom stereocenters. The summed E-state index contributed by atoms with van der Waals surface area (Å²) in [6.45, 7) is 9.84. The standard InChI is InChI=1S/C18H28N4O/c1-12-10-15(20-16(19-12)13-7-8-13)22-9-5-6-14(11-22)17(23)21-18(2,3)4/h10,13-14H,5-9,11H2,1-4H3,(H,21,23). The van der Waals surface area contributed by atoms with Gasteiger partial charge in [0.05, 0.1) is 5.92 Å². The van der Waals surface area contributed by atoms with E-state index in [1.165, 1.54) is 12.8 Å². The smallest absolute Gasteiger partial charge is 0.225 e. The third-order valence-electron chi connectivity index (χ3n) is 4.41. The van der Waals surface area contributed by atoms with E-state index in [1.807, 2.05) is 27.7 Å². The molecule has 1 amide bonds. The summed E-state index contributed by atoms with van der Waals surface area (Å²) in [4.78, 5) is 24.1. The molecule has 5 nitrogen and oxygen atoms in total. The molecule has 5 heteroatoms. The SMILES string of the molecule is Cc1cc(N2CCCC(C(=O)NC(C)(C)C)C2)nc(C2CC2)n1. The maximum atomic E-state index is 12.5. The van der Waals surface area contributed by atoms with Gasteiger partial charge in [-0.15, -0.1) is 0 Å². The molecule has 2 aliphatic rings. The summed E-state index contributed by atoms with van der Waals surface area (Å²) in [7, 11) is 0. The quantitative estimate of drug-likeness (QED) is 0.931. The molecule has 0 bridgehead atoms. The highest BCUT2D eigenvalue weighted by Gasteiger charge is 2.31. The second kappa shape index (κ2) is 6.10. The van der Waals surface area contributed by atoms with E-state index in [2.05, 4.69) is 21.3 Å². The van der Waals surface area contributed by atoms with Gasteiger partial charge in [-0.1, -0.05) is 0 Å². The van der Waals surface area contributed by atoms with Gasteiger partial charge < -0.3 is 10.2 Å². The predicted molar refractivity (Wildman–Crippen MR) is 91.6 cm³/mol. The highest BCUT2D eigenvalue weighted by atomic mass is 16.2. The van der Waals surface area contributed by atoms with E-state index in [1.54, 1.807) is 0 Å². The molecule has 2 fully saturated rings. The molecule has 1 aromatic rings. The number of rotatable bonds is 3.